The third kappa shape index (κ3) is 3.40. The molecule has 0 aliphatic rings. The Kier molecular flexibility index (Phi) is 4.80. The molecule has 0 unspecified atom stereocenters. The van der Waals surface area contributed by atoms with Gasteiger partial charge in [0.15, 0.2) is 0 Å². The molecule has 0 amide bonds. The van der Waals surface area contributed by atoms with Gasteiger partial charge in [0.25, 0.3) is 0 Å². The zero-order chi connectivity index (χ0) is 25.2. The number of alkyl halides is 6. The molecule has 178 valence electrons. The largest absolute Gasteiger partial charge is 0.417 e. The maximum atomic E-state index is 14.2. The quantitative estimate of drug-likeness (QED) is 0.167. The molecule has 0 spiro atoms. The van der Waals surface area contributed by atoms with Crippen LogP contribution in [0.3, 0.4) is 0 Å². The Morgan fingerprint density at radius 2 is 0.944 bits per heavy atom. The molecule has 0 radical (unpaired) electrons. The molecule has 6 heteroatoms. The van der Waals surface area contributed by atoms with Gasteiger partial charge in [0, 0.05) is 0 Å². The SMILES string of the molecule is FC(F)(F)c1ccccc1-c1cc2ccc3cccc4ccc(c1-c1ccccc1C(F)(F)F)c2c34. The minimum atomic E-state index is -4.69. The van der Waals surface area contributed by atoms with E-state index in [1.807, 2.05) is 36.4 Å². The van der Waals surface area contributed by atoms with E-state index >= 15 is 0 Å². The minimum absolute atomic E-state index is 0.102. The van der Waals surface area contributed by atoms with E-state index in [2.05, 4.69) is 0 Å². The first-order valence-electron chi connectivity index (χ1n) is 11.2. The molecule has 0 aliphatic heterocycles. The predicted molar refractivity (Wildman–Crippen MR) is 131 cm³/mol. The van der Waals surface area contributed by atoms with E-state index in [9.17, 15) is 26.3 Å². The molecule has 0 bridgehead atoms. The molecule has 0 saturated heterocycles. The van der Waals surface area contributed by atoms with E-state index in [4.69, 9.17) is 0 Å². The summed E-state index contributed by atoms with van der Waals surface area (Å²) in [6, 6.07) is 24.6. The number of benzene rings is 6. The molecule has 6 aromatic rings. The van der Waals surface area contributed by atoms with Gasteiger partial charge in [-0.05, 0) is 72.8 Å². The Labute approximate surface area is 201 Å². The van der Waals surface area contributed by atoms with Crippen LogP contribution in [0, 0.1) is 0 Å². The summed E-state index contributed by atoms with van der Waals surface area (Å²) in [4.78, 5) is 0. The van der Waals surface area contributed by atoms with Crippen LogP contribution in [-0.2, 0) is 12.4 Å². The molecule has 0 nitrogen and oxygen atoms in total. The number of halogens is 6. The Morgan fingerprint density at radius 3 is 1.58 bits per heavy atom. The first kappa shape index (κ1) is 22.4. The highest BCUT2D eigenvalue weighted by molar-refractivity contribution is 6.27. The molecule has 36 heavy (non-hydrogen) atoms. The standard InChI is InChI=1S/C30H16F6/c31-29(32,33)24-10-3-1-8-20(24)23-16-19-13-12-17-6-5-7-18-14-15-22(27(19)26(17)18)28(23)21-9-2-4-11-25(21)30(34,35)36/h1-16H. The van der Waals surface area contributed by atoms with Gasteiger partial charge >= 0.3 is 12.4 Å². The fourth-order valence-electron chi connectivity index (χ4n) is 5.23. The van der Waals surface area contributed by atoms with Crippen molar-refractivity contribution in [3.05, 3.63) is 108 Å². The van der Waals surface area contributed by atoms with Crippen molar-refractivity contribution in [2.75, 3.05) is 0 Å². The zero-order valence-corrected chi connectivity index (χ0v) is 18.5. The van der Waals surface area contributed by atoms with E-state index in [1.54, 1.807) is 12.1 Å². The maximum Gasteiger partial charge on any atom is 0.417 e. The lowest BCUT2D eigenvalue weighted by Crippen LogP contribution is -2.09. The maximum absolute atomic E-state index is 14.2. The lowest BCUT2D eigenvalue weighted by Gasteiger charge is -2.22. The van der Waals surface area contributed by atoms with Crippen molar-refractivity contribution in [3.8, 4) is 22.3 Å². The Balaban J connectivity index is 1.85. The molecule has 6 rings (SSSR count). The number of hydrogen-bond acceptors (Lipinski definition) is 0. The molecule has 0 saturated carbocycles. The molecular weight excluding hydrogens is 474 g/mol. The van der Waals surface area contributed by atoms with Crippen LogP contribution in [0.4, 0.5) is 26.3 Å². The van der Waals surface area contributed by atoms with E-state index in [0.29, 0.717) is 10.8 Å². The van der Waals surface area contributed by atoms with Gasteiger partial charge in [-0.3, -0.25) is 0 Å². The summed E-state index contributed by atoms with van der Waals surface area (Å²) in [5, 5.41) is 4.54. The second-order valence-electron chi connectivity index (χ2n) is 8.74. The molecule has 0 atom stereocenters. The zero-order valence-electron chi connectivity index (χ0n) is 18.5. The second-order valence-corrected chi connectivity index (χ2v) is 8.74. The number of rotatable bonds is 2. The first-order valence-corrected chi connectivity index (χ1v) is 11.2. The third-order valence-corrected chi connectivity index (χ3v) is 6.67. The van der Waals surface area contributed by atoms with Gasteiger partial charge in [0.1, 0.15) is 0 Å². The van der Waals surface area contributed by atoms with Gasteiger partial charge in [-0.25, -0.2) is 0 Å². The molecule has 0 aliphatic carbocycles. The summed E-state index contributed by atoms with van der Waals surface area (Å²) in [6.07, 6.45) is -9.38. The fraction of sp³-hybridized carbons (Fsp3) is 0.0667. The van der Waals surface area contributed by atoms with Crippen LogP contribution in [0.15, 0.2) is 97.1 Å². The van der Waals surface area contributed by atoms with Gasteiger partial charge in [-0.1, -0.05) is 78.9 Å². The average molecular weight is 490 g/mol. The highest BCUT2D eigenvalue weighted by Gasteiger charge is 2.37. The topological polar surface area (TPSA) is 0 Å². The van der Waals surface area contributed by atoms with Crippen LogP contribution < -0.4 is 0 Å². The summed E-state index contributed by atoms with van der Waals surface area (Å²) in [5.74, 6) is 0. The Bertz CT molecular complexity index is 1740. The van der Waals surface area contributed by atoms with E-state index in [0.717, 1.165) is 33.7 Å². The van der Waals surface area contributed by atoms with Crippen molar-refractivity contribution in [1.82, 2.24) is 0 Å². The highest BCUT2D eigenvalue weighted by Crippen LogP contribution is 2.49. The Morgan fingerprint density at radius 1 is 0.417 bits per heavy atom. The third-order valence-electron chi connectivity index (χ3n) is 6.67. The molecule has 6 aromatic carbocycles. The van der Waals surface area contributed by atoms with Gasteiger partial charge in [0.05, 0.1) is 11.1 Å². The van der Waals surface area contributed by atoms with Crippen LogP contribution in [0.5, 0.6) is 0 Å². The molecule has 0 fully saturated rings. The monoisotopic (exact) mass is 490 g/mol. The second kappa shape index (κ2) is 7.72. The van der Waals surface area contributed by atoms with Crippen molar-refractivity contribution in [1.29, 1.82) is 0 Å². The molecule has 0 aromatic heterocycles. The van der Waals surface area contributed by atoms with Crippen molar-refractivity contribution in [2.45, 2.75) is 12.4 Å². The smallest absolute Gasteiger partial charge is 0.166 e. The van der Waals surface area contributed by atoms with Crippen molar-refractivity contribution in [2.24, 2.45) is 0 Å². The Hall–Kier alpha value is -4.06. The summed E-state index contributed by atoms with van der Waals surface area (Å²) < 4.78 is 84.6. The van der Waals surface area contributed by atoms with Gasteiger partial charge < -0.3 is 0 Å². The van der Waals surface area contributed by atoms with Crippen molar-refractivity contribution < 1.29 is 26.3 Å². The van der Waals surface area contributed by atoms with E-state index < -0.39 is 23.5 Å². The molecular formula is C30H16F6. The van der Waals surface area contributed by atoms with E-state index in [-0.39, 0.29) is 22.3 Å². The van der Waals surface area contributed by atoms with Crippen LogP contribution in [0.2, 0.25) is 0 Å². The van der Waals surface area contributed by atoms with Gasteiger partial charge in [-0.2, -0.15) is 26.3 Å². The van der Waals surface area contributed by atoms with Crippen LogP contribution in [-0.4, -0.2) is 0 Å². The summed E-state index contributed by atoms with van der Waals surface area (Å²) in [7, 11) is 0. The van der Waals surface area contributed by atoms with Crippen LogP contribution in [0.25, 0.3) is 54.6 Å². The fourth-order valence-corrected chi connectivity index (χ4v) is 5.23. The van der Waals surface area contributed by atoms with Crippen molar-refractivity contribution in [3.63, 3.8) is 0 Å². The summed E-state index contributed by atoms with van der Waals surface area (Å²) in [6.45, 7) is 0. The van der Waals surface area contributed by atoms with Crippen molar-refractivity contribution >= 4 is 32.3 Å². The van der Waals surface area contributed by atoms with Crippen LogP contribution >= 0.6 is 0 Å². The predicted octanol–water partition coefficient (Wildman–Crippen LogP) is 9.96. The molecule has 0 N–H and O–H groups in total. The van der Waals surface area contributed by atoms with Gasteiger partial charge in [0.2, 0.25) is 0 Å². The summed E-state index contributed by atoms with van der Waals surface area (Å²) >= 11 is 0. The first-order chi connectivity index (χ1) is 17.1. The molecule has 0 heterocycles. The van der Waals surface area contributed by atoms with E-state index in [1.165, 1.54) is 36.4 Å². The van der Waals surface area contributed by atoms with Gasteiger partial charge in [-0.15, -0.1) is 0 Å². The lowest BCUT2D eigenvalue weighted by molar-refractivity contribution is -0.138. The van der Waals surface area contributed by atoms with Crippen LogP contribution in [0.1, 0.15) is 11.1 Å². The average Bonchev–Trinajstić information content (AvgIpc) is 2.86. The number of hydrogen-bond donors (Lipinski definition) is 0. The highest BCUT2D eigenvalue weighted by atomic mass is 19.4. The summed E-state index contributed by atoms with van der Waals surface area (Å²) in [5.41, 5.74) is -1.89. The lowest BCUT2D eigenvalue weighted by atomic mass is 9.82. The normalized spacial score (nSPS) is 12.7. The minimum Gasteiger partial charge on any atom is -0.166 e.